The van der Waals surface area contributed by atoms with E-state index in [0.29, 0.717) is 6.42 Å². The summed E-state index contributed by atoms with van der Waals surface area (Å²) in [5.74, 6) is -0.143. The number of carbonyl (C=O) groups excluding carboxylic acids is 1. The Morgan fingerprint density at radius 1 is 0.871 bits per heavy atom. The van der Waals surface area contributed by atoms with Crippen LogP contribution in [-0.4, -0.2) is 39.8 Å². The molecule has 1 heterocycles. The van der Waals surface area contributed by atoms with Gasteiger partial charge in [0.15, 0.2) is 0 Å². The van der Waals surface area contributed by atoms with E-state index in [-0.39, 0.29) is 29.9 Å². The van der Waals surface area contributed by atoms with Gasteiger partial charge in [-0.15, -0.1) is 0 Å². The second-order valence-electron chi connectivity index (χ2n) is 9.26. The number of benzene rings is 2. The molecule has 5 nitrogen and oxygen atoms in total. The highest BCUT2D eigenvalue weighted by atomic mass is 127. The lowest BCUT2D eigenvalue weighted by Gasteiger charge is -2.19. The van der Waals surface area contributed by atoms with Crippen LogP contribution in [0.15, 0.2) is 42.5 Å². The molecule has 0 aliphatic rings. The Labute approximate surface area is 203 Å². The number of fused-ring (bicyclic) bond motifs is 2. The van der Waals surface area contributed by atoms with E-state index >= 15 is 0 Å². The largest absolute Gasteiger partial charge is 1.00 e. The molecule has 0 bridgehead atoms. The third kappa shape index (κ3) is 6.21. The van der Waals surface area contributed by atoms with E-state index in [2.05, 4.69) is 85.0 Å². The van der Waals surface area contributed by atoms with Gasteiger partial charge >= 0.3 is 5.97 Å². The summed E-state index contributed by atoms with van der Waals surface area (Å²) in [6.45, 7) is 6.47. The summed E-state index contributed by atoms with van der Waals surface area (Å²) in [6, 6.07) is 15.3. The first-order valence-corrected chi connectivity index (χ1v) is 10.5. The molecule has 168 valence electrons. The quantitative estimate of drug-likeness (QED) is 0.208. The van der Waals surface area contributed by atoms with Gasteiger partial charge in [-0.25, -0.2) is 0 Å². The highest BCUT2D eigenvalue weighted by molar-refractivity contribution is 5.91. The third-order valence-corrected chi connectivity index (χ3v) is 5.14. The van der Waals surface area contributed by atoms with Crippen LogP contribution in [0.5, 0.6) is 0 Å². The summed E-state index contributed by atoms with van der Waals surface area (Å²) in [5, 5.41) is 2.39. The lowest BCUT2D eigenvalue weighted by Crippen LogP contribution is -3.00. The highest BCUT2D eigenvalue weighted by Gasteiger charge is 2.20. The fourth-order valence-corrected chi connectivity index (χ4v) is 3.64. The number of pyridine rings is 1. The van der Waals surface area contributed by atoms with Crippen molar-refractivity contribution in [2.45, 2.75) is 45.8 Å². The number of aryl methyl sites for hydroxylation is 1. The molecule has 0 unspecified atom stereocenters. The number of aromatic nitrogens is 1. The Bertz CT molecular complexity index is 1010. The Kier molecular flexibility index (Phi) is 8.14. The van der Waals surface area contributed by atoms with Crippen molar-refractivity contribution in [1.29, 1.82) is 0 Å². The molecule has 0 N–H and O–H groups in total. The first-order valence-electron chi connectivity index (χ1n) is 10.5. The molecule has 0 spiro atoms. The van der Waals surface area contributed by atoms with Crippen LogP contribution in [0.4, 0.5) is 11.4 Å². The smallest absolute Gasteiger partial charge is 0.306 e. The molecule has 0 aliphatic carbocycles. The number of rotatable bonds is 6. The topological polar surface area (TPSA) is 36.7 Å². The highest BCUT2D eigenvalue weighted by Crippen LogP contribution is 2.25. The van der Waals surface area contributed by atoms with Gasteiger partial charge in [-0.1, -0.05) is 0 Å². The molecule has 3 rings (SSSR count). The molecule has 3 aromatic rings. The van der Waals surface area contributed by atoms with Crippen molar-refractivity contribution < 1.29 is 38.1 Å². The summed E-state index contributed by atoms with van der Waals surface area (Å²) in [6.07, 6.45) is 1.13. The summed E-state index contributed by atoms with van der Waals surface area (Å²) >= 11 is 0. The number of ether oxygens (including phenoxy) is 1. The van der Waals surface area contributed by atoms with Crippen molar-refractivity contribution in [3.63, 3.8) is 0 Å². The van der Waals surface area contributed by atoms with Crippen LogP contribution >= 0.6 is 0 Å². The lowest BCUT2D eigenvalue weighted by molar-refractivity contribution is -0.645. The number of anilines is 2. The van der Waals surface area contributed by atoms with Gasteiger partial charge in [-0.2, -0.15) is 4.57 Å². The maximum absolute atomic E-state index is 12.2. The minimum absolute atomic E-state index is 0. The molecule has 1 aromatic heterocycles. The minimum atomic E-state index is -0.447. The van der Waals surface area contributed by atoms with Gasteiger partial charge in [0.1, 0.15) is 12.1 Å². The molecule has 31 heavy (non-hydrogen) atoms. The van der Waals surface area contributed by atoms with Crippen molar-refractivity contribution >= 4 is 39.1 Å². The fraction of sp³-hybridized carbons (Fsp3) is 0.440. The maximum Gasteiger partial charge on any atom is 0.306 e. The predicted molar refractivity (Wildman–Crippen MR) is 125 cm³/mol. The number of halogens is 1. The molecule has 6 heteroatoms. The van der Waals surface area contributed by atoms with Gasteiger partial charge in [-0.05, 0) is 51.1 Å². The van der Waals surface area contributed by atoms with Gasteiger partial charge in [0.05, 0.1) is 6.42 Å². The maximum atomic E-state index is 12.2. The van der Waals surface area contributed by atoms with Gasteiger partial charge < -0.3 is 38.5 Å². The Balaban J connectivity index is 0.00000341. The molecular weight excluding hydrogens is 501 g/mol. The van der Waals surface area contributed by atoms with Gasteiger partial charge in [-0.3, -0.25) is 4.79 Å². The molecule has 0 amide bonds. The van der Waals surface area contributed by atoms with E-state index in [9.17, 15) is 4.79 Å². The van der Waals surface area contributed by atoms with Crippen molar-refractivity contribution in [3.8, 4) is 0 Å². The Morgan fingerprint density at radius 3 is 1.77 bits per heavy atom. The summed E-state index contributed by atoms with van der Waals surface area (Å²) in [4.78, 5) is 16.5. The molecule has 0 radical (unpaired) electrons. The Hall–Kier alpha value is -2.09. The normalized spacial score (nSPS) is 11.3. The number of hydrogen-bond acceptors (Lipinski definition) is 4. The van der Waals surface area contributed by atoms with Crippen LogP contribution in [0.3, 0.4) is 0 Å². The first kappa shape index (κ1) is 25.2. The van der Waals surface area contributed by atoms with Crippen LogP contribution in [0.25, 0.3) is 21.8 Å². The van der Waals surface area contributed by atoms with Crippen LogP contribution in [0.1, 0.15) is 33.6 Å². The fourth-order valence-electron chi connectivity index (χ4n) is 3.64. The van der Waals surface area contributed by atoms with Crippen molar-refractivity contribution in [2.24, 2.45) is 0 Å². The number of carbonyl (C=O) groups is 1. The average molecular weight is 535 g/mol. The molecule has 0 saturated heterocycles. The third-order valence-electron chi connectivity index (χ3n) is 5.14. The van der Waals surface area contributed by atoms with E-state index in [1.807, 2.05) is 20.8 Å². The van der Waals surface area contributed by atoms with Crippen LogP contribution in [0.2, 0.25) is 0 Å². The molecule has 0 saturated carbocycles. The number of nitrogens with zero attached hydrogens (tertiary/aromatic N) is 3. The van der Waals surface area contributed by atoms with Gasteiger partial charge in [0.2, 0.25) is 11.0 Å². The zero-order chi connectivity index (χ0) is 22.1. The second-order valence-corrected chi connectivity index (χ2v) is 9.26. The zero-order valence-electron chi connectivity index (χ0n) is 19.7. The summed E-state index contributed by atoms with van der Waals surface area (Å²) < 4.78 is 7.83. The van der Waals surface area contributed by atoms with Crippen molar-refractivity contribution in [1.82, 2.24) is 0 Å². The van der Waals surface area contributed by atoms with Crippen LogP contribution < -0.4 is 38.3 Å². The van der Waals surface area contributed by atoms with Crippen molar-refractivity contribution in [2.75, 3.05) is 38.0 Å². The first-order chi connectivity index (χ1) is 14.0. The average Bonchev–Trinajstić information content (AvgIpc) is 2.65. The van der Waals surface area contributed by atoms with Gasteiger partial charge in [0, 0.05) is 68.9 Å². The van der Waals surface area contributed by atoms with E-state index in [0.717, 1.165) is 24.3 Å². The van der Waals surface area contributed by atoms with E-state index < -0.39 is 5.60 Å². The molecule has 0 atom stereocenters. The minimum Gasteiger partial charge on any atom is -1.00 e. The van der Waals surface area contributed by atoms with Crippen LogP contribution in [-0.2, 0) is 16.1 Å². The van der Waals surface area contributed by atoms with Gasteiger partial charge in [0.25, 0.3) is 0 Å². The molecule has 2 aromatic carbocycles. The summed E-state index contributed by atoms with van der Waals surface area (Å²) in [5.41, 5.74) is 4.22. The molecule has 0 aliphatic heterocycles. The summed E-state index contributed by atoms with van der Waals surface area (Å²) in [7, 11) is 8.22. The van der Waals surface area contributed by atoms with E-state index in [1.165, 1.54) is 21.8 Å². The SMILES string of the molecule is CN(C)c1ccc2cc3ccc(N(C)C)cc3[n+](CCCC(=O)OC(C)(C)C)c2c1.[I-]. The second kappa shape index (κ2) is 10.0. The molecule has 0 fully saturated rings. The van der Waals surface area contributed by atoms with E-state index in [1.54, 1.807) is 0 Å². The standard InChI is InChI=1S/C25H34N3O2.HI/c1-25(2,3)30-24(29)9-8-14-28-22-16-20(26(4)5)12-10-18(22)15-19-11-13-21(27(6)7)17-23(19)28;/h10-13,15-17H,8-9,14H2,1-7H3;1H/q+1;/p-1. The monoisotopic (exact) mass is 535 g/mol. The Morgan fingerprint density at radius 2 is 1.35 bits per heavy atom. The molecular formula is C25H34IN3O2. The lowest BCUT2D eigenvalue weighted by atomic mass is 10.1. The number of hydrogen-bond donors (Lipinski definition) is 0. The van der Waals surface area contributed by atoms with Crippen LogP contribution in [0, 0.1) is 0 Å². The van der Waals surface area contributed by atoms with Crippen molar-refractivity contribution in [3.05, 3.63) is 42.5 Å². The predicted octanol–water partition coefficient (Wildman–Crippen LogP) is 1.54. The number of esters is 1. The van der Waals surface area contributed by atoms with E-state index in [4.69, 9.17) is 4.74 Å². The zero-order valence-corrected chi connectivity index (χ0v) is 21.9.